The van der Waals surface area contributed by atoms with E-state index in [0.29, 0.717) is 38.8 Å². The second-order valence-electron chi connectivity index (χ2n) is 7.77. The minimum absolute atomic E-state index is 0.0630. The number of hydrogen-bond acceptors (Lipinski definition) is 5. The summed E-state index contributed by atoms with van der Waals surface area (Å²) in [5.74, 6) is 0.763. The van der Waals surface area contributed by atoms with Crippen LogP contribution in [0.5, 0.6) is 0 Å². The maximum absolute atomic E-state index is 12.5. The van der Waals surface area contributed by atoms with Crippen LogP contribution >= 0.6 is 11.3 Å². The van der Waals surface area contributed by atoms with Crippen molar-refractivity contribution >= 4 is 27.3 Å². The lowest BCUT2D eigenvalue weighted by molar-refractivity contribution is 0.0730. The highest BCUT2D eigenvalue weighted by Crippen LogP contribution is 2.41. The molecule has 9 heteroatoms. The molecule has 1 saturated carbocycles. The Morgan fingerprint density at radius 1 is 1.24 bits per heavy atom. The molecular weight excluding hydrogens is 408 g/mol. The molecule has 0 radical (unpaired) electrons. The summed E-state index contributed by atoms with van der Waals surface area (Å²) >= 11 is 1.83. The Labute approximate surface area is 179 Å². The Bertz CT molecular complexity index is 738. The molecule has 0 atom stereocenters. The van der Waals surface area contributed by atoms with E-state index in [1.54, 1.807) is 0 Å². The molecule has 1 aromatic rings. The number of nitrogens with one attached hydrogen (secondary N) is 2. The molecule has 1 aliphatic carbocycles. The van der Waals surface area contributed by atoms with E-state index in [-0.39, 0.29) is 11.2 Å². The van der Waals surface area contributed by atoms with Crippen LogP contribution in [0.25, 0.3) is 0 Å². The van der Waals surface area contributed by atoms with E-state index in [1.807, 2.05) is 18.3 Å². The highest BCUT2D eigenvalue weighted by molar-refractivity contribution is 7.89. The van der Waals surface area contributed by atoms with E-state index in [9.17, 15) is 8.42 Å². The van der Waals surface area contributed by atoms with E-state index in [1.165, 1.54) is 41.3 Å². The average molecular weight is 443 g/mol. The quantitative estimate of drug-likeness (QED) is 0.476. The lowest BCUT2D eigenvalue weighted by atomic mass is 9.73. The summed E-state index contributed by atoms with van der Waals surface area (Å²) in [6, 6.07) is 4.36. The van der Waals surface area contributed by atoms with E-state index in [0.717, 1.165) is 13.1 Å². The molecule has 0 aromatic carbocycles. The van der Waals surface area contributed by atoms with Crippen LogP contribution < -0.4 is 10.6 Å². The normalized spacial score (nSPS) is 21.1. The highest BCUT2D eigenvalue weighted by Gasteiger charge is 2.34. The number of hydrogen-bond donors (Lipinski definition) is 2. The number of morpholine rings is 1. The summed E-state index contributed by atoms with van der Waals surface area (Å²) in [4.78, 5) is 6.29. The summed E-state index contributed by atoms with van der Waals surface area (Å²) in [6.45, 7) is 5.69. The van der Waals surface area contributed by atoms with Gasteiger partial charge in [-0.15, -0.1) is 11.3 Å². The van der Waals surface area contributed by atoms with E-state index < -0.39 is 10.0 Å². The van der Waals surface area contributed by atoms with Crippen molar-refractivity contribution in [2.24, 2.45) is 4.99 Å². The standard InChI is InChI=1S/C20H34N4O3S2/c1-2-21-19(22-10-16-29(25,26)24-11-13-27-14-12-24)23-17-20(8-4-3-5-9-20)18-7-6-15-28-18/h6-7,15H,2-5,8-14,16-17H2,1H3,(H2,21,22,23). The van der Waals surface area contributed by atoms with Gasteiger partial charge < -0.3 is 15.4 Å². The first-order chi connectivity index (χ1) is 14.1. The van der Waals surface area contributed by atoms with Crippen LogP contribution in [0.1, 0.15) is 43.9 Å². The zero-order chi connectivity index (χ0) is 20.6. The highest BCUT2D eigenvalue weighted by atomic mass is 32.2. The lowest BCUT2D eigenvalue weighted by Gasteiger charge is -2.35. The molecule has 1 aliphatic heterocycles. The zero-order valence-electron chi connectivity index (χ0n) is 17.4. The number of sulfonamides is 1. The molecule has 1 aromatic heterocycles. The van der Waals surface area contributed by atoms with Gasteiger partial charge in [0.15, 0.2) is 5.96 Å². The van der Waals surface area contributed by atoms with Crippen LogP contribution in [-0.4, -0.2) is 70.4 Å². The molecule has 0 unspecified atom stereocenters. The van der Waals surface area contributed by atoms with Crippen molar-refractivity contribution in [3.05, 3.63) is 22.4 Å². The third-order valence-electron chi connectivity index (χ3n) is 5.75. The number of nitrogens with zero attached hydrogens (tertiary/aromatic N) is 2. The fraction of sp³-hybridized carbons (Fsp3) is 0.750. The summed E-state index contributed by atoms with van der Waals surface area (Å²) < 4.78 is 31.8. The minimum Gasteiger partial charge on any atom is -0.379 e. The summed E-state index contributed by atoms with van der Waals surface area (Å²) in [5, 5.41) is 8.64. The Morgan fingerprint density at radius 3 is 2.66 bits per heavy atom. The molecule has 2 fully saturated rings. The number of ether oxygens (including phenoxy) is 1. The van der Waals surface area contributed by atoms with Gasteiger partial charge in [-0.05, 0) is 31.2 Å². The van der Waals surface area contributed by atoms with Crippen molar-refractivity contribution in [3.63, 3.8) is 0 Å². The van der Waals surface area contributed by atoms with Crippen LogP contribution in [0.2, 0.25) is 0 Å². The van der Waals surface area contributed by atoms with Gasteiger partial charge in [0.05, 0.1) is 25.5 Å². The molecule has 0 bridgehead atoms. The second-order valence-corrected chi connectivity index (χ2v) is 10.8. The van der Waals surface area contributed by atoms with Gasteiger partial charge >= 0.3 is 0 Å². The SMILES string of the molecule is CCNC(=NCC1(c2cccs2)CCCCC1)NCCS(=O)(=O)N1CCOCC1. The van der Waals surface area contributed by atoms with Crippen molar-refractivity contribution in [2.75, 3.05) is 51.7 Å². The first-order valence-corrected chi connectivity index (χ1v) is 13.2. The molecule has 29 heavy (non-hydrogen) atoms. The number of rotatable bonds is 8. The van der Waals surface area contributed by atoms with Gasteiger partial charge in [0.2, 0.25) is 10.0 Å². The van der Waals surface area contributed by atoms with Crippen LogP contribution in [-0.2, 0) is 20.2 Å². The molecule has 0 amide bonds. The Balaban J connectivity index is 1.60. The molecule has 3 rings (SSSR count). The van der Waals surface area contributed by atoms with Crippen LogP contribution in [0.3, 0.4) is 0 Å². The van der Waals surface area contributed by atoms with Gasteiger partial charge in [-0.3, -0.25) is 4.99 Å². The molecule has 7 nitrogen and oxygen atoms in total. The third-order valence-corrected chi connectivity index (χ3v) is 8.74. The Kier molecular flexibility index (Phi) is 8.35. The number of aliphatic imine (C=N–C) groups is 1. The van der Waals surface area contributed by atoms with Crippen molar-refractivity contribution in [2.45, 2.75) is 44.4 Å². The second kappa shape index (κ2) is 10.7. The van der Waals surface area contributed by atoms with Gasteiger partial charge in [0.25, 0.3) is 0 Å². The first-order valence-electron chi connectivity index (χ1n) is 10.7. The smallest absolute Gasteiger partial charge is 0.215 e. The van der Waals surface area contributed by atoms with Gasteiger partial charge in [0, 0.05) is 36.5 Å². The molecule has 0 spiro atoms. The predicted molar refractivity (Wildman–Crippen MR) is 119 cm³/mol. The lowest BCUT2D eigenvalue weighted by Crippen LogP contribution is -2.45. The van der Waals surface area contributed by atoms with Crippen molar-refractivity contribution in [1.29, 1.82) is 0 Å². The van der Waals surface area contributed by atoms with Gasteiger partial charge in [-0.1, -0.05) is 25.3 Å². The largest absolute Gasteiger partial charge is 0.379 e. The van der Waals surface area contributed by atoms with Gasteiger partial charge in [0.1, 0.15) is 0 Å². The molecule has 2 heterocycles. The number of thiophene rings is 1. The van der Waals surface area contributed by atoms with Gasteiger partial charge in [-0.25, -0.2) is 8.42 Å². The van der Waals surface area contributed by atoms with Crippen LogP contribution in [0, 0.1) is 0 Å². The summed E-state index contributed by atoms with van der Waals surface area (Å²) in [5.41, 5.74) is 0.120. The van der Waals surface area contributed by atoms with Crippen molar-refractivity contribution < 1.29 is 13.2 Å². The predicted octanol–water partition coefficient (Wildman–Crippen LogP) is 2.17. The minimum atomic E-state index is -3.27. The summed E-state index contributed by atoms with van der Waals surface area (Å²) in [7, 11) is -3.27. The van der Waals surface area contributed by atoms with Crippen LogP contribution in [0.4, 0.5) is 0 Å². The molecular formula is C20H34N4O3S2. The van der Waals surface area contributed by atoms with E-state index in [4.69, 9.17) is 9.73 Å². The zero-order valence-corrected chi connectivity index (χ0v) is 19.0. The molecule has 1 saturated heterocycles. The third kappa shape index (κ3) is 6.16. The summed E-state index contributed by atoms with van der Waals surface area (Å²) in [6.07, 6.45) is 6.13. The molecule has 2 aliphatic rings. The first kappa shape index (κ1) is 22.5. The monoisotopic (exact) mass is 442 g/mol. The van der Waals surface area contributed by atoms with Crippen molar-refractivity contribution in [1.82, 2.24) is 14.9 Å². The molecule has 164 valence electrons. The van der Waals surface area contributed by atoms with Crippen molar-refractivity contribution in [3.8, 4) is 0 Å². The Hall–Kier alpha value is -1.16. The van der Waals surface area contributed by atoms with E-state index >= 15 is 0 Å². The van der Waals surface area contributed by atoms with Gasteiger partial charge in [-0.2, -0.15) is 4.31 Å². The maximum Gasteiger partial charge on any atom is 0.215 e. The van der Waals surface area contributed by atoms with Crippen LogP contribution in [0.15, 0.2) is 22.5 Å². The average Bonchev–Trinajstić information content (AvgIpc) is 3.29. The van der Waals surface area contributed by atoms with E-state index in [2.05, 4.69) is 28.1 Å². The fourth-order valence-corrected chi connectivity index (χ4v) is 6.42. The maximum atomic E-state index is 12.5. The number of guanidine groups is 1. The topological polar surface area (TPSA) is 83.0 Å². The fourth-order valence-electron chi connectivity index (χ4n) is 4.12. The Morgan fingerprint density at radius 2 is 2.00 bits per heavy atom. The molecule has 2 N–H and O–H groups in total.